The lowest BCUT2D eigenvalue weighted by Crippen LogP contribution is -2.31. The zero-order valence-electron chi connectivity index (χ0n) is 14.5. The molecule has 6 heteroatoms. The van der Waals surface area contributed by atoms with Gasteiger partial charge in [-0.05, 0) is 37.8 Å². The van der Waals surface area contributed by atoms with Gasteiger partial charge in [-0.25, -0.2) is 4.98 Å². The molecule has 2 fully saturated rings. The van der Waals surface area contributed by atoms with Crippen molar-refractivity contribution in [1.29, 1.82) is 0 Å². The summed E-state index contributed by atoms with van der Waals surface area (Å²) in [5.41, 5.74) is 7.67. The highest BCUT2D eigenvalue weighted by Gasteiger charge is 2.31. The van der Waals surface area contributed by atoms with Crippen LogP contribution < -0.4 is 11.1 Å². The van der Waals surface area contributed by atoms with E-state index in [4.69, 9.17) is 10.5 Å². The highest BCUT2D eigenvalue weighted by Crippen LogP contribution is 2.34. The van der Waals surface area contributed by atoms with E-state index in [9.17, 15) is 4.79 Å². The van der Waals surface area contributed by atoms with Gasteiger partial charge >= 0.3 is 0 Å². The second-order valence-corrected chi connectivity index (χ2v) is 7.13. The van der Waals surface area contributed by atoms with Crippen LogP contribution in [0.25, 0.3) is 11.0 Å². The minimum absolute atomic E-state index is 0.00656. The largest absolute Gasteiger partial charge is 0.364 e. The number of rotatable bonds is 4. The number of anilines is 1. The lowest BCUT2D eigenvalue weighted by Gasteiger charge is -2.25. The predicted molar refractivity (Wildman–Crippen MR) is 97.4 cm³/mol. The highest BCUT2D eigenvalue weighted by molar-refractivity contribution is 5.94. The van der Waals surface area contributed by atoms with Crippen molar-refractivity contribution in [3.05, 3.63) is 24.3 Å². The third-order valence-electron chi connectivity index (χ3n) is 5.43. The number of hydrogen-bond donors (Lipinski definition) is 2. The molecule has 6 nitrogen and oxygen atoms in total. The van der Waals surface area contributed by atoms with Gasteiger partial charge in [-0.3, -0.25) is 10.1 Å². The van der Waals surface area contributed by atoms with Crippen LogP contribution in [0.15, 0.2) is 24.3 Å². The number of nitrogens with zero attached hydrogens (tertiary/aromatic N) is 2. The number of benzene rings is 1. The molecule has 1 aromatic heterocycles. The van der Waals surface area contributed by atoms with Crippen LogP contribution in [0.5, 0.6) is 0 Å². The molecule has 2 aromatic rings. The van der Waals surface area contributed by atoms with Gasteiger partial charge in [0.05, 0.1) is 17.1 Å². The lowest BCUT2D eigenvalue weighted by atomic mass is 9.95. The summed E-state index contributed by atoms with van der Waals surface area (Å²) in [6, 6.07) is 8.50. The third-order valence-corrected chi connectivity index (χ3v) is 5.43. The van der Waals surface area contributed by atoms with Crippen molar-refractivity contribution in [2.75, 3.05) is 11.9 Å². The summed E-state index contributed by atoms with van der Waals surface area (Å²) in [6.07, 6.45) is 7.16. The van der Waals surface area contributed by atoms with Crippen LogP contribution >= 0.6 is 0 Å². The second-order valence-electron chi connectivity index (χ2n) is 7.13. The fourth-order valence-corrected chi connectivity index (χ4v) is 4.10. The molecule has 25 heavy (non-hydrogen) atoms. The maximum absolute atomic E-state index is 12.7. The van der Waals surface area contributed by atoms with Gasteiger partial charge in [-0.15, -0.1) is 0 Å². The van der Waals surface area contributed by atoms with Gasteiger partial charge in [0, 0.05) is 12.6 Å². The van der Waals surface area contributed by atoms with Crippen molar-refractivity contribution in [3.63, 3.8) is 0 Å². The molecule has 1 aliphatic heterocycles. The first kappa shape index (κ1) is 16.5. The van der Waals surface area contributed by atoms with Crippen molar-refractivity contribution >= 4 is 22.9 Å². The van der Waals surface area contributed by atoms with Crippen molar-refractivity contribution in [3.8, 4) is 0 Å². The zero-order valence-corrected chi connectivity index (χ0v) is 14.5. The van der Waals surface area contributed by atoms with Crippen molar-refractivity contribution in [1.82, 2.24) is 9.55 Å². The van der Waals surface area contributed by atoms with E-state index >= 15 is 0 Å². The molecular formula is C19H26N4O2. The van der Waals surface area contributed by atoms with E-state index in [1.54, 1.807) is 0 Å². The second kappa shape index (κ2) is 7.14. The fourth-order valence-electron chi connectivity index (χ4n) is 4.10. The van der Waals surface area contributed by atoms with Gasteiger partial charge in [-0.2, -0.15) is 0 Å². The molecule has 3 N–H and O–H groups in total. The van der Waals surface area contributed by atoms with E-state index in [0.29, 0.717) is 18.5 Å². The van der Waals surface area contributed by atoms with Crippen LogP contribution in [0, 0.1) is 0 Å². The number of imidazole rings is 1. The van der Waals surface area contributed by atoms with Crippen molar-refractivity contribution in [2.24, 2.45) is 5.73 Å². The van der Waals surface area contributed by atoms with Crippen LogP contribution in [0.4, 0.5) is 5.95 Å². The van der Waals surface area contributed by atoms with Gasteiger partial charge in [0.15, 0.2) is 0 Å². The smallest absolute Gasteiger partial charge is 0.255 e. The molecule has 1 aliphatic carbocycles. The van der Waals surface area contributed by atoms with Crippen LogP contribution in [0.3, 0.4) is 0 Å². The maximum atomic E-state index is 12.7. The summed E-state index contributed by atoms with van der Waals surface area (Å²) in [4.78, 5) is 17.3. The molecule has 0 bridgehead atoms. The number of nitrogens with two attached hydrogens (primary N) is 1. The molecule has 2 atom stereocenters. The number of ether oxygens (including phenoxy) is 1. The molecular weight excluding hydrogens is 316 g/mol. The van der Waals surface area contributed by atoms with E-state index in [2.05, 4.69) is 20.9 Å². The first-order valence-corrected chi connectivity index (χ1v) is 9.39. The minimum atomic E-state index is -0.423. The third kappa shape index (κ3) is 3.28. The molecule has 1 saturated heterocycles. The molecule has 1 aromatic carbocycles. The standard InChI is InChI=1S/C19H26N4O2/c20-12-14-10-11-17(25-14)18(24)22-19-21-15-8-4-5-9-16(15)23(19)13-6-2-1-3-7-13/h4-5,8-9,13-14,17H,1-3,6-7,10-12,20H2,(H,21,22,24)/t14-,17+/m1/s1. The number of aromatic nitrogens is 2. The molecule has 0 spiro atoms. The average Bonchev–Trinajstić information content (AvgIpc) is 3.26. The number of nitrogens with one attached hydrogen (secondary N) is 1. The van der Waals surface area contributed by atoms with Gasteiger partial charge < -0.3 is 15.0 Å². The van der Waals surface area contributed by atoms with E-state index in [1.807, 2.05) is 18.2 Å². The van der Waals surface area contributed by atoms with Gasteiger partial charge in [-0.1, -0.05) is 31.4 Å². The monoisotopic (exact) mass is 342 g/mol. The van der Waals surface area contributed by atoms with Crippen LogP contribution in [0.2, 0.25) is 0 Å². The van der Waals surface area contributed by atoms with Crippen molar-refractivity contribution < 1.29 is 9.53 Å². The van der Waals surface area contributed by atoms with Crippen molar-refractivity contribution in [2.45, 2.75) is 63.2 Å². The Hall–Kier alpha value is -1.92. The first-order valence-electron chi connectivity index (χ1n) is 9.39. The molecule has 1 saturated carbocycles. The number of carbonyl (C=O) groups excluding carboxylic acids is 1. The maximum Gasteiger partial charge on any atom is 0.255 e. The SMILES string of the molecule is NC[C@H]1CC[C@@H](C(=O)Nc2nc3ccccc3n2C2CCCCC2)O1. The van der Waals surface area contributed by atoms with Gasteiger partial charge in [0.1, 0.15) is 6.10 Å². The summed E-state index contributed by atoms with van der Waals surface area (Å²) in [7, 11) is 0. The Morgan fingerprint density at radius 2 is 2.00 bits per heavy atom. The van der Waals surface area contributed by atoms with Gasteiger partial charge in [0.25, 0.3) is 5.91 Å². The van der Waals surface area contributed by atoms with E-state index in [0.717, 1.165) is 36.7 Å². The summed E-state index contributed by atoms with van der Waals surface area (Å²) in [5.74, 6) is 0.543. The Morgan fingerprint density at radius 3 is 2.76 bits per heavy atom. The minimum Gasteiger partial charge on any atom is -0.364 e. The number of fused-ring (bicyclic) bond motifs is 1. The molecule has 2 heterocycles. The molecule has 134 valence electrons. The molecule has 2 aliphatic rings. The van der Waals surface area contributed by atoms with E-state index < -0.39 is 6.10 Å². The molecule has 1 amide bonds. The first-order chi connectivity index (χ1) is 12.3. The summed E-state index contributed by atoms with van der Waals surface area (Å²) < 4.78 is 7.95. The quantitative estimate of drug-likeness (QED) is 0.895. The van der Waals surface area contributed by atoms with E-state index in [-0.39, 0.29) is 12.0 Å². The molecule has 0 radical (unpaired) electrons. The van der Waals surface area contributed by atoms with E-state index in [1.165, 1.54) is 19.3 Å². The van der Waals surface area contributed by atoms with Crippen LogP contribution in [-0.4, -0.2) is 34.2 Å². The number of para-hydroxylation sites is 2. The summed E-state index contributed by atoms with van der Waals surface area (Å²) >= 11 is 0. The molecule has 0 unspecified atom stereocenters. The Balaban J connectivity index is 1.61. The normalized spacial score (nSPS) is 24.7. The number of amides is 1. The van der Waals surface area contributed by atoms with Gasteiger partial charge in [0.2, 0.25) is 5.95 Å². The zero-order chi connectivity index (χ0) is 17.2. The fraction of sp³-hybridized carbons (Fsp3) is 0.579. The summed E-state index contributed by atoms with van der Waals surface area (Å²) in [5, 5.41) is 3.03. The lowest BCUT2D eigenvalue weighted by molar-refractivity contribution is -0.126. The Labute approximate surface area is 147 Å². The Bertz CT molecular complexity index is 751. The Morgan fingerprint density at radius 1 is 1.20 bits per heavy atom. The number of hydrogen-bond acceptors (Lipinski definition) is 4. The Kier molecular flexibility index (Phi) is 4.72. The number of carbonyl (C=O) groups is 1. The highest BCUT2D eigenvalue weighted by atomic mass is 16.5. The van der Waals surface area contributed by atoms with Crippen LogP contribution in [0.1, 0.15) is 51.0 Å². The van der Waals surface area contributed by atoms with Crippen LogP contribution in [-0.2, 0) is 9.53 Å². The summed E-state index contributed by atoms with van der Waals surface area (Å²) in [6.45, 7) is 0.463. The predicted octanol–water partition coefficient (Wildman–Crippen LogP) is 2.99. The topological polar surface area (TPSA) is 82.2 Å². The average molecular weight is 342 g/mol. The molecule has 4 rings (SSSR count).